The molecule has 1 heterocycles. The van der Waals surface area contributed by atoms with Crippen molar-refractivity contribution in [3.63, 3.8) is 0 Å². The van der Waals surface area contributed by atoms with Gasteiger partial charge in [0.15, 0.2) is 0 Å². The van der Waals surface area contributed by atoms with E-state index in [2.05, 4.69) is 5.32 Å². The van der Waals surface area contributed by atoms with Crippen LogP contribution in [0.4, 0.5) is 0 Å². The van der Waals surface area contributed by atoms with E-state index in [0.29, 0.717) is 37.0 Å². The summed E-state index contributed by atoms with van der Waals surface area (Å²) in [5, 5.41) is 3.46. The molecule has 5 nitrogen and oxygen atoms in total. The Morgan fingerprint density at radius 1 is 1.39 bits per heavy atom. The highest BCUT2D eigenvalue weighted by Crippen LogP contribution is 2.27. The molecule has 0 aliphatic carbocycles. The van der Waals surface area contributed by atoms with Gasteiger partial charge < -0.3 is 16.0 Å². The predicted molar refractivity (Wildman–Crippen MR) is 93.5 cm³/mol. The van der Waals surface area contributed by atoms with Crippen molar-refractivity contribution in [1.29, 1.82) is 0 Å². The quantitative estimate of drug-likeness (QED) is 0.762. The second-order valence-electron chi connectivity index (χ2n) is 5.48. The van der Waals surface area contributed by atoms with Gasteiger partial charge in [0.05, 0.1) is 16.7 Å². The molecule has 1 unspecified atom stereocenters. The third-order valence-electron chi connectivity index (χ3n) is 3.78. The summed E-state index contributed by atoms with van der Waals surface area (Å²) in [4.78, 5) is 27.1. The van der Waals surface area contributed by atoms with E-state index in [1.54, 1.807) is 4.90 Å². The molecule has 2 amide bonds. The fourth-order valence-corrected chi connectivity index (χ4v) is 3.69. The lowest BCUT2D eigenvalue weighted by molar-refractivity contribution is -0.133. The van der Waals surface area contributed by atoms with E-state index in [-0.39, 0.29) is 17.7 Å². The number of hydrogen-bond donors (Lipinski definition) is 2. The van der Waals surface area contributed by atoms with Crippen molar-refractivity contribution in [2.45, 2.75) is 17.7 Å². The number of rotatable bonds is 6. The molecule has 1 aliphatic rings. The first-order valence-electron chi connectivity index (χ1n) is 7.74. The third kappa shape index (κ3) is 5.41. The number of piperidine rings is 1. The van der Waals surface area contributed by atoms with Crippen molar-refractivity contribution < 1.29 is 9.59 Å². The number of carbonyl (C=O) groups excluding carboxylic acids is 2. The van der Waals surface area contributed by atoms with Crippen LogP contribution >= 0.6 is 23.4 Å². The highest BCUT2D eigenvalue weighted by Gasteiger charge is 2.28. The zero-order valence-corrected chi connectivity index (χ0v) is 14.5. The number of nitrogens with two attached hydrogens (primary N) is 1. The van der Waals surface area contributed by atoms with Crippen molar-refractivity contribution in [3.05, 3.63) is 29.3 Å². The SMILES string of the molecule is NCCNC(=O)C1CCCN(C(=O)CSc2ccccc2Cl)C1. The Balaban J connectivity index is 1.84. The van der Waals surface area contributed by atoms with Gasteiger partial charge in [0, 0.05) is 31.1 Å². The van der Waals surface area contributed by atoms with Crippen LogP contribution in [0, 0.1) is 5.92 Å². The normalized spacial score (nSPS) is 17.8. The molecule has 2 rings (SSSR count). The van der Waals surface area contributed by atoms with Crippen LogP contribution in [0.2, 0.25) is 5.02 Å². The van der Waals surface area contributed by atoms with E-state index in [0.717, 1.165) is 17.7 Å². The van der Waals surface area contributed by atoms with Gasteiger partial charge in [0.1, 0.15) is 0 Å². The van der Waals surface area contributed by atoms with E-state index < -0.39 is 0 Å². The van der Waals surface area contributed by atoms with Gasteiger partial charge in [-0.25, -0.2) is 0 Å². The summed E-state index contributed by atoms with van der Waals surface area (Å²) in [5.41, 5.74) is 5.40. The lowest BCUT2D eigenvalue weighted by atomic mass is 9.97. The van der Waals surface area contributed by atoms with Crippen LogP contribution in [0.5, 0.6) is 0 Å². The number of nitrogens with one attached hydrogen (secondary N) is 1. The minimum absolute atomic E-state index is 0.00768. The van der Waals surface area contributed by atoms with Gasteiger partial charge in [0.25, 0.3) is 0 Å². The van der Waals surface area contributed by atoms with Crippen LogP contribution in [0.3, 0.4) is 0 Å². The van der Waals surface area contributed by atoms with Crippen molar-refractivity contribution in [2.24, 2.45) is 11.7 Å². The van der Waals surface area contributed by atoms with Crippen LogP contribution in [0.1, 0.15) is 12.8 Å². The molecule has 3 N–H and O–H groups in total. The maximum absolute atomic E-state index is 12.4. The molecule has 1 aliphatic heterocycles. The highest BCUT2D eigenvalue weighted by molar-refractivity contribution is 8.00. The summed E-state index contributed by atoms with van der Waals surface area (Å²) in [6.45, 7) is 2.10. The second-order valence-corrected chi connectivity index (χ2v) is 6.90. The average molecular weight is 356 g/mol. The fourth-order valence-electron chi connectivity index (χ4n) is 2.55. The number of thioether (sulfide) groups is 1. The molecule has 1 fully saturated rings. The molecule has 126 valence electrons. The number of halogens is 1. The number of carbonyl (C=O) groups is 2. The topological polar surface area (TPSA) is 75.4 Å². The van der Waals surface area contributed by atoms with Crippen LogP contribution in [0.15, 0.2) is 29.2 Å². The summed E-state index contributed by atoms with van der Waals surface area (Å²) >= 11 is 7.53. The molecule has 7 heteroatoms. The number of amides is 2. The maximum atomic E-state index is 12.4. The molecule has 0 aromatic heterocycles. The van der Waals surface area contributed by atoms with Crippen molar-refractivity contribution in [3.8, 4) is 0 Å². The molecular weight excluding hydrogens is 334 g/mol. The first-order valence-corrected chi connectivity index (χ1v) is 9.11. The summed E-state index contributed by atoms with van der Waals surface area (Å²) < 4.78 is 0. The van der Waals surface area contributed by atoms with Gasteiger partial charge in [-0.2, -0.15) is 0 Å². The molecule has 1 aromatic rings. The summed E-state index contributed by atoms with van der Waals surface area (Å²) in [7, 11) is 0. The summed E-state index contributed by atoms with van der Waals surface area (Å²) in [5.74, 6) is 0.239. The maximum Gasteiger partial charge on any atom is 0.232 e. The van der Waals surface area contributed by atoms with Gasteiger partial charge in [-0.1, -0.05) is 23.7 Å². The Morgan fingerprint density at radius 3 is 2.91 bits per heavy atom. The van der Waals surface area contributed by atoms with Gasteiger partial charge >= 0.3 is 0 Å². The number of benzene rings is 1. The fraction of sp³-hybridized carbons (Fsp3) is 0.500. The average Bonchev–Trinajstić information content (AvgIpc) is 2.58. The van der Waals surface area contributed by atoms with Gasteiger partial charge in [-0.05, 0) is 25.0 Å². The van der Waals surface area contributed by atoms with Crippen LogP contribution in [-0.4, -0.2) is 48.6 Å². The zero-order chi connectivity index (χ0) is 16.7. The Bertz CT molecular complexity index is 556. The van der Waals surface area contributed by atoms with E-state index in [1.165, 1.54) is 11.8 Å². The lowest BCUT2D eigenvalue weighted by Crippen LogP contribution is -2.46. The number of hydrogen-bond acceptors (Lipinski definition) is 4. The van der Waals surface area contributed by atoms with Gasteiger partial charge in [0.2, 0.25) is 11.8 Å². The second kappa shape index (κ2) is 9.15. The molecule has 1 saturated heterocycles. The van der Waals surface area contributed by atoms with E-state index in [9.17, 15) is 9.59 Å². The Hall–Kier alpha value is -1.24. The van der Waals surface area contributed by atoms with Crippen LogP contribution in [0.25, 0.3) is 0 Å². The first kappa shape index (κ1) is 18.1. The highest BCUT2D eigenvalue weighted by atomic mass is 35.5. The van der Waals surface area contributed by atoms with Crippen LogP contribution < -0.4 is 11.1 Å². The Kier molecular flexibility index (Phi) is 7.20. The summed E-state index contributed by atoms with van der Waals surface area (Å²) in [6.07, 6.45) is 1.67. The van der Waals surface area contributed by atoms with E-state index in [4.69, 9.17) is 17.3 Å². The van der Waals surface area contributed by atoms with E-state index >= 15 is 0 Å². The molecule has 0 spiro atoms. The Labute approximate surface area is 145 Å². The lowest BCUT2D eigenvalue weighted by Gasteiger charge is -2.32. The van der Waals surface area contributed by atoms with Crippen molar-refractivity contribution in [2.75, 3.05) is 31.9 Å². The number of nitrogens with zero attached hydrogens (tertiary/aromatic N) is 1. The van der Waals surface area contributed by atoms with Gasteiger partial charge in [-0.15, -0.1) is 11.8 Å². The molecule has 1 atom stereocenters. The molecular formula is C16H22ClN3O2S. The Morgan fingerprint density at radius 2 is 2.17 bits per heavy atom. The predicted octanol–water partition coefficient (Wildman–Crippen LogP) is 1.75. The van der Waals surface area contributed by atoms with E-state index in [1.807, 2.05) is 24.3 Å². The zero-order valence-electron chi connectivity index (χ0n) is 13.0. The number of likely N-dealkylation sites (tertiary alicyclic amines) is 1. The molecule has 0 saturated carbocycles. The molecule has 0 radical (unpaired) electrons. The minimum atomic E-state index is -0.135. The smallest absolute Gasteiger partial charge is 0.232 e. The molecule has 23 heavy (non-hydrogen) atoms. The monoisotopic (exact) mass is 355 g/mol. The minimum Gasteiger partial charge on any atom is -0.355 e. The first-order chi connectivity index (χ1) is 11.1. The van der Waals surface area contributed by atoms with Crippen LogP contribution in [-0.2, 0) is 9.59 Å². The summed E-state index contributed by atoms with van der Waals surface area (Å²) in [6, 6.07) is 7.48. The van der Waals surface area contributed by atoms with Gasteiger partial charge in [-0.3, -0.25) is 9.59 Å². The van der Waals surface area contributed by atoms with Crippen molar-refractivity contribution in [1.82, 2.24) is 10.2 Å². The molecule has 0 bridgehead atoms. The largest absolute Gasteiger partial charge is 0.355 e. The van der Waals surface area contributed by atoms with Crippen molar-refractivity contribution >= 4 is 35.2 Å². The third-order valence-corrected chi connectivity index (χ3v) is 5.28. The standard InChI is InChI=1S/C16H22ClN3O2S/c17-13-5-1-2-6-14(13)23-11-15(21)20-9-3-4-12(10-20)16(22)19-8-7-18/h1-2,5-6,12H,3-4,7-11,18H2,(H,19,22). The molecule has 1 aromatic carbocycles.